The summed E-state index contributed by atoms with van der Waals surface area (Å²) in [7, 11) is 0. The Balaban J connectivity index is 1.05. The summed E-state index contributed by atoms with van der Waals surface area (Å²) in [5.74, 6) is 0. The number of hydrogen-bond acceptors (Lipinski definition) is 3. The number of aryl methyl sites for hydroxylation is 1. The molecule has 2 heterocycles. The maximum absolute atomic E-state index is 2.60. The molecule has 9 aromatic rings. The summed E-state index contributed by atoms with van der Waals surface area (Å²) < 4.78 is 0. The van der Waals surface area contributed by atoms with Crippen molar-refractivity contribution in [3.05, 3.63) is 228 Å². The van der Waals surface area contributed by atoms with Gasteiger partial charge in [0.25, 0.3) is 6.71 Å². The highest BCUT2D eigenvalue weighted by atomic mass is 15.2. The molecule has 0 atom stereocenters. The van der Waals surface area contributed by atoms with Crippen LogP contribution in [-0.4, -0.2) is 6.71 Å². The van der Waals surface area contributed by atoms with Crippen LogP contribution in [0.3, 0.4) is 0 Å². The van der Waals surface area contributed by atoms with E-state index in [0.29, 0.717) is 0 Å². The summed E-state index contributed by atoms with van der Waals surface area (Å²) in [6.07, 6.45) is 0. The molecule has 0 spiro atoms. The maximum Gasteiger partial charge on any atom is 0.252 e. The molecular weight excluding hydrogens is 834 g/mol. The molecule has 0 amide bonds. The van der Waals surface area contributed by atoms with Crippen LogP contribution in [0.1, 0.15) is 81.8 Å². The number of rotatable bonds is 5. The molecule has 9 aromatic carbocycles. The smallest absolute Gasteiger partial charge is 0.252 e. The fraction of sp³-hybridized carbons (Fsp3) is 0.169. The van der Waals surface area contributed by atoms with Crippen molar-refractivity contribution in [3.63, 3.8) is 0 Å². The van der Waals surface area contributed by atoms with Crippen LogP contribution in [-0.2, 0) is 16.2 Å². The molecule has 0 saturated heterocycles. The van der Waals surface area contributed by atoms with E-state index in [9.17, 15) is 0 Å². The van der Waals surface area contributed by atoms with Gasteiger partial charge in [0.05, 0.1) is 0 Å². The molecule has 4 heteroatoms. The van der Waals surface area contributed by atoms with E-state index in [-0.39, 0.29) is 23.0 Å². The summed E-state index contributed by atoms with van der Waals surface area (Å²) >= 11 is 0. The van der Waals surface area contributed by atoms with Crippen LogP contribution in [0.15, 0.2) is 194 Å². The van der Waals surface area contributed by atoms with Gasteiger partial charge in [0.1, 0.15) is 0 Å². The lowest BCUT2D eigenvalue weighted by Gasteiger charge is -2.45. The van der Waals surface area contributed by atoms with Crippen molar-refractivity contribution in [1.29, 1.82) is 0 Å². The minimum absolute atomic E-state index is 0.00448. The first-order valence-corrected chi connectivity index (χ1v) is 24.7. The first-order chi connectivity index (χ1) is 33.3. The van der Waals surface area contributed by atoms with Gasteiger partial charge in [0.15, 0.2) is 0 Å². The molecule has 0 saturated carbocycles. The number of anilines is 9. The van der Waals surface area contributed by atoms with Gasteiger partial charge in [-0.3, -0.25) is 0 Å². The fourth-order valence-electron chi connectivity index (χ4n) is 12.6. The molecule has 13 rings (SSSR count). The highest BCUT2D eigenvalue weighted by Gasteiger charge is 2.45. The van der Waals surface area contributed by atoms with Gasteiger partial charge in [-0.2, -0.15) is 0 Å². The molecule has 0 N–H and O–H groups in total. The third-order valence-corrected chi connectivity index (χ3v) is 16.0. The van der Waals surface area contributed by atoms with Gasteiger partial charge in [0.2, 0.25) is 0 Å². The predicted molar refractivity (Wildman–Crippen MR) is 294 cm³/mol. The predicted octanol–water partition coefficient (Wildman–Crippen LogP) is 15.5. The Kier molecular flexibility index (Phi) is 8.88. The first kappa shape index (κ1) is 41.6. The molecule has 0 radical (unpaired) electrons. The zero-order chi connectivity index (χ0) is 47.1. The van der Waals surface area contributed by atoms with E-state index in [0.717, 1.165) is 17.1 Å². The van der Waals surface area contributed by atoms with Crippen LogP contribution in [0.2, 0.25) is 0 Å². The average molecular weight is 890 g/mol. The van der Waals surface area contributed by atoms with Gasteiger partial charge in [-0.05, 0) is 163 Å². The lowest BCUT2D eigenvalue weighted by molar-refractivity contribution is 0.590. The Morgan fingerprint density at radius 2 is 0.884 bits per heavy atom. The second-order valence-corrected chi connectivity index (χ2v) is 21.9. The Morgan fingerprint density at radius 3 is 1.48 bits per heavy atom. The molecule has 334 valence electrons. The number of nitrogens with zero attached hydrogens (tertiary/aromatic N) is 3. The summed E-state index contributed by atoms with van der Waals surface area (Å²) in [6, 6.07) is 73.7. The molecular formula is C65H56BN3. The lowest BCUT2D eigenvalue weighted by Crippen LogP contribution is -2.61. The monoisotopic (exact) mass is 889 g/mol. The van der Waals surface area contributed by atoms with Crippen molar-refractivity contribution in [2.24, 2.45) is 0 Å². The topological polar surface area (TPSA) is 9.72 Å². The zero-order valence-electron chi connectivity index (χ0n) is 40.9. The van der Waals surface area contributed by atoms with E-state index in [1.165, 1.54) is 106 Å². The number of benzene rings is 9. The van der Waals surface area contributed by atoms with E-state index in [1.54, 1.807) is 0 Å². The molecule has 0 unspecified atom stereocenters. The Hall–Kier alpha value is -7.56. The molecule has 69 heavy (non-hydrogen) atoms. The van der Waals surface area contributed by atoms with E-state index in [4.69, 9.17) is 0 Å². The van der Waals surface area contributed by atoms with Crippen LogP contribution in [0.4, 0.5) is 51.2 Å². The standard InChI is InChI=1S/C65H56BN3/c1-41-36-60-62-61(37-41)69(46-31-34-51-49-21-13-15-23-53(49)65(7,8)55(51)39-46)59-40-47(67(43-18-10-9-11-19-43)44-28-26-42(27-29-44)63(2,3)4)32-35-57(59)66(62)56-24-16-17-25-58(56)68(60)45-30-33-50-48-20-12-14-22-52(48)64(5,6)54(50)38-45/h9-40H,1-8H3. The van der Waals surface area contributed by atoms with Crippen LogP contribution < -0.4 is 31.1 Å². The largest absolute Gasteiger partial charge is 0.311 e. The van der Waals surface area contributed by atoms with Crippen molar-refractivity contribution in [3.8, 4) is 22.3 Å². The van der Waals surface area contributed by atoms with E-state index in [1.807, 2.05) is 0 Å². The number of para-hydroxylation sites is 2. The molecule has 2 aliphatic carbocycles. The van der Waals surface area contributed by atoms with Crippen molar-refractivity contribution < 1.29 is 0 Å². The number of hydrogen-bond donors (Lipinski definition) is 0. The summed E-state index contributed by atoms with van der Waals surface area (Å²) in [4.78, 5) is 7.59. The van der Waals surface area contributed by atoms with Gasteiger partial charge in [0, 0.05) is 62.0 Å². The van der Waals surface area contributed by atoms with Crippen LogP contribution >= 0.6 is 0 Å². The highest BCUT2D eigenvalue weighted by molar-refractivity contribution is 7.00. The van der Waals surface area contributed by atoms with Gasteiger partial charge in [-0.15, -0.1) is 0 Å². The molecule has 4 aliphatic rings. The lowest BCUT2D eigenvalue weighted by atomic mass is 9.33. The first-order valence-electron chi connectivity index (χ1n) is 24.7. The van der Waals surface area contributed by atoms with E-state index >= 15 is 0 Å². The van der Waals surface area contributed by atoms with Gasteiger partial charge < -0.3 is 14.7 Å². The Morgan fingerprint density at radius 1 is 0.406 bits per heavy atom. The minimum Gasteiger partial charge on any atom is -0.311 e. The molecule has 2 aliphatic heterocycles. The van der Waals surface area contributed by atoms with Crippen LogP contribution in [0, 0.1) is 6.92 Å². The molecule has 0 fully saturated rings. The van der Waals surface area contributed by atoms with Crippen LogP contribution in [0.5, 0.6) is 0 Å². The zero-order valence-corrected chi connectivity index (χ0v) is 40.9. The third kappa shape index (κ3) is 6.07. The van der Waals surface area contributed by atoms with Crippen molar-refractivity contribution >= 4 is 74.3 Å². The third-order valence-electron chi connectivity index (χ3n) is 16.0. The second-order valence-electron chi connectivity index (χ2n) is 21.9. The molecule has 0 aromatic heterocycles. The van der Waals surface area contributed by atoms with Crippen molar-refractivity contribution in [1.82, 2.24) is 0 Å². The highest BCUT2D eigenvalue weighted by Crippen LogP contribution is 2.54. The van der Waals surface area contributed by atoms with Gasteiger partial charge in [-0.1, -0.05) is 164 Å². The van der Waals surface area contributed by atoms with E-state index in [2.05, 4.69) is 264 Å². The summed E-state index contributed by atoms with van der Waals surface area (Å²) in [6.45, 7) is 18.7. The van der Waals surface area contributed by atoms with Crippen LogP contribution in [0.25, 0.3) is 22.3 Å². The number of fused-ring (bicyclic) bond motifs is 10. The van der Waals surface area contributed by atoms with Crippen molar-refractivity contribution in [2.75, 3.05) is 14.7 Å². The quantitative estimate of drug-likeness (QED) is 0.159. The second kappa shape index (κ2) is 14.7. The van der Waals surface area contributed by atoms with Gasteiger partial charge in [-0.25, -0.2) is 0 Å². The fourth-order valence-corrected chi connectivity index (χ4v) is 12.6. The summed E-state index contributed by atoms with van der Waals surface area (Å²) in [5, 5.41) is 0. The Bertz CT molecular complexity index is 3580. The Labute approximate surface area is 408 Å². The van der Waals surface area contributed by atoms with Gasteiger partial charge >= 0.3 is 0 Å². The normalized spacial score (nSPS) is 15.1. The summed E-state index contributed by atoms with van der Waals surface area (Å²) in [5.41, 5.74) is 27.7. The molecule has 0 bridgehead atoms. The average Bonchev–Trinajstić information content (AvgIpc) is 3.72. The maximum atomic E-state index is 2.60. The SMILES string of the molecule is Cc1cc2c3c(c1)N(c1ccc4c(c1)C(C)(C)c1ccccc1-4)c1cc(N(c4ccccc4)c4ccc(C(C)(C)C)cc4)ccc1B3c1ccccc1N2c1ccc2c(c1)C(C)(C)c1ccccc1-2. The van der Waals surface area contributed by atoms with Crippen molar-refractivity contribution in [2.45, 2.75) is 71.6 Å². The van der Waals surface area contributed by atoms with E-state index < -0.39 is 0 Å². The molecule has 3 nitrogen and oxygen atoms in total. The minimum atomic E-state index is -0.156.